The van der Waals surface area contributed by atoms with E-state index in [1.165, 1.54) is 16.0 Å². The molecule has 0 spiro atoms. The molecule has 8 nitrogen and oxygen atoms in total. The zero-order valence-electron chi connectivity index (χ0n) is 20.0. The van der Waals surface area contributed by atoms with E-state index in [2.05, 4.69) is 32.4 Å². The third-order valence-electron chi connectivity index (χ3n) is 7.08. The minimum atomic E-state index is 0.0328. The molecule has 3 aromatic rings. The summed E-state index contributed by atoms with van der Waals surface area (Å²) in [6.07, 6.45) is 7.90. The molecule has 1 fully saturated rings. The van der Waals surface area contributed by atoms with Crippen LogP contribution in [0.4, 0.5) is 11.5 Å². The highest BCUT2D eigenvalue weighted by Crippen LogP contribution is 2.42. The Morgan fingerprint density at radius 3 is 2.89 bits per heavy atom. The normalized spacial score (nSPS) is 19.4. The molecular weight excluding hydrogens is 462 g/mol. The minimum Gasteiger partial charge on any atom is -0.488 e. The second kappa shape index (κ2) is 9.20. The highest BCUT2D eigenvalue weighted by molar-refractivity contribution is 7.19. The zero-order chi connectivity index (χ0) is 23.9. The van der Waals surface area contributed by atoms with E-state index in [0.717, 1.165) is 78.4 Å². The summed E-state index contributed by atoms with van der Waals surface area (Å²) in [5.74, 6) is 1.85. The molecule has 2 aromatic heterocycles. The summed E-state index contributed by atoms with van der Waals surface area (Å²) in [5, 5.41) is 4.65. The number of hydrogen-bond donors (Lipinski definition) is 1. The quantitative estimate of drug-likeness (QED) is 0.578. The van der Waals surface area contributed by atoms with Gasteiger partial charge in [-0.05, 0) is 48.1 Å². The lowest BCUT2D eigenvalue weighted by Gasteiger charge is -2.25. The van der Waals surface area contributed by atoms with Gasteiger partial charge < -0.3 is 19.7 Å². The van der Waals surface area contributed by atoms with E-state index in [-0.39, 0.29) is 17.9 Å². The molecule has 0 radical (unpaired) electrons. The van der Waals surface area contributed by atoms with Gasteiger partial charge in [0, 0.05) is 43.9 Å². The maximum atomic E-state index is 12.6. The summed E-state index contributed by atoms with van der Waals surface area (Å²) < 4.78 is 12.0. The molecule has 1 aliphatic carbocycles. The lowest BCUT2D eigenvalue weighted by molar-refractivity contribution is -0.133. The molecule has 6 rings (SSSR count). The van der Waals surface area contributed by atoms with Crippen LogP contribution in [0.2, 0.25) is 0 Å². The number of rotatable bonds is 5. The molecule has 0 bridgehead atoms. The largest absolute Gasteiger partial charge is 0.488 e. The maximum Gasteiger partial charge on any atom is 0.225 e. The van der Waals surface area contributed by atoms with Gasteiger partial charge in [-0.1, -0.05) is 0 Å². The third kappa shape index (κ3) is 4.27. The van der Waals surface area contributed by atoms with Crippen molar-refractivity contribution in [1.82, 2.24) is 14.9 Å². The highest BCUT2D eigenvalue weighted by atomic mass is 32.1. The van der Waals surface area contributed by atoms with Crippen molar-refractivity contribution in [2.24, 2.45) is 10.9 Å². The molecule has 3 aliphatic rings. The fraction of sp³-hybridized carbons (Fsp3) is 0.462. The number of ether oxygens (including phenoxy) is 2. The number of aryl methyl sites for hydroxylation is 1. The van der Waals surface area contributed by atoms with E-state index in [1.807, 2.05) is 20.3 Å². The van der Waals surface area contributed by atoms with Gasteiger partial charge in [-0.2, -0.15) is 0 Å². The first-order valence-corrected chi connectivity index (χ1v) is 13.0. The number of carbonyl (C=O) groups excluding carboxylic acids is 1. The van der Waals surface area contributed by atoms with Crippen molar-refractivity contribution in [3.63, 3.8) is 0 Å². The van der Waals surface area contributed by atoms with Gasteiger partial charge in [0.1, 0.15) is 28.8 Å². The first-order valence-electron chi connectivity index (χ1n) is 12.2. The second-order valence-corrected chi connectivity index (χ2v) is 10.7. The molecule has 1 amide bonds. The molecule has 1 N–H and O–H groups in total. The van der Waals surface area contributed by atoms with Crippen LogP contribution in [0.3, 0.4) is 0 Å². The summed E-state index contributed by atoms with van der Waals surface area (Å²) in [7, 11) is 3.66. The van der Waals surface area contributed by atoms with Gasteiger partial charge in [0.25, 0.3) is 0 Å². The number of aliphatic imine (C=N–C) groups is 1. The maximum absolute atomic E-state index is 12.6. The van der Waals surface area contributed by atoms with Crippen LogP contribution in [0.15, 0.2) is 23.5 Å². The van der Waals surface area contributed by atoms with Crippen molar-refractivity contribution in [2.45, 2.75) is 44.8 Å². The third-order valence-corrected chi connectivity index (χ3v) is 8.25. The molecule has 2 aliphatic heterocycles. The number of nitrogens with zero attached hydrogens (tertiary/aromatic N) is 4. The molecular formula is C26H29N5O3S. The average Bonchev–Trinajstić information content (AvgIpc) is 3.48. The fourth-order valence-electron chi connectivity index (χ4n) is 5.22. The van der Waals surface area contributed by atoms with Crippen molar-refractivity contribution < 1.29 is 14.3 Å². The number of hydrogen-bond acceptors (Lipinski definition) is 8. The predicted molar refractivity (Wildman–Crippen MR) is 137 cm³/mol. The van der Waals surface area contributed by atoms with Gasteiger partial charge in [-0.15, -0.1) is 11.3 Å². The molecule has 0 saturated carbocycles. The fourth-order valence-corrected chi connectivity index (χ4v) is 6.48. The molecule has 1 saturated heterocycles. The number of benzene rings is 1. The highest BCUT2D eigenvalue weighted by Gasteiger charge is 2.30. The lowest BCUT2D eigenvalue weighted by Crippen LogP contribution is -2.32. The Morgan fingerprint density at radius 2 is 2.06 bits per heavy atom. The Bertz CT molecular complexity index is 1310. The number of nitrogens with one attached hydrogen (secondary N) is 1. The van der Waals surface area contributed by atoms with E-state index in [9.17, 15) is 4.79 Å². The van der Waals surface area contributed by atoms with Crippen molar-refractivity contribution >= 4 is 45.2 Å². The van der Waals surface area contributed by atoms with Crippen LogP contribution < -0.4 is 10.1 Å². The smallest absolute Gasteiger partial charge is 0.225 e. The second-order valence-electron chi connectivity index (χ2n) is 9.65. The van der Waals surface area contributed by atoms with Gasteiger partial charge in [0.15, 0.2) is 0 Å². The predicted octanol–water partition coefficient (Wildman–Crippen LogP) is 4.12. The topological polar surface area (TPSA) is 88.9 Å². The number of thiophene rings is 1. The Morgan fingerprint density at radius 1 is 1.20 bits per heavy atom. The van der Waals surface area contributed by atoms with Crippen LogP contribution in [-0.4, -0.2) is 60.4 Å². The average molecular weight is 492 g/mol. The van der Waals surface area contributed by atoms with Crippen molar-refractivity contribution in [1.29, 1.82) is 0 Å². The number of carbonyl (C=O) groups is 1. The van der Waals surface area contributed by atoms with Crippen LogP contribution in [-0.2, 0) is 28.9 Å². The minimum absolute atomic E-state index is 0.0328. The summed E-state index contributed by atoms with van der Waals surface area (Å²) in [5.41, 5.74) is 4.44. The Balaban J connectivity index is 1.35. The summed E-state index contributed by atoms with van der Waals surface area (Å²) in [6.45, 7) is 2.14. The molecule has 9 heteroatoms. The molecule has 1 atom stereocenters. The first-order chi connectivity index (χ1) is 17.1. The molecule has 35 heavy (non-hydrogen) atoms. The Hall–Kier alpha value is -3.04. The SMILES string of the molecule is CN(C)C(=O)[C@H]1CCc2c(sc3ncnc(Nc4cc5c(cc4OC4CCOCC4)CN=C5)c23)C1. The summed E-state index contributed by atoms with van der Waals surface area (Å²) in [6, 6.07) is 4.22. The van der Waals surface area contributed by atoms with Gasteiger partial charge in [-0.3, -0.25) is 9.79 Å². The van der Waals surface area contributed by atoms with Gasteiger partial charge in [-0.25, -0.2) is 9.97 Å². The van der Waals surface area contributed by atoms with E-state index in [4.69, 9.17) is 9.47 Å². The Labute approximate surface area is 208 Å². The monoisotopic (exact) mass is 491 g/mol. The number of fused-ring (bicyclic) bond motifs is 4. The number of amides is 1. The summed E-state index contributed by atoms with van der Waals surface area (Å²) in [4.78, 5) is 30.1. The van der Waals surface area contributed by atoms with Crippen LogP contribution in [0.5, 0.6) is 5.75 Å². The molecule has 0 unspecified atom stereocenters. The Kier molecular flexibility index (Phi) is 5.89. The number of aromatic nitrogens is 2. The van der Waals surface area contributed by atoms with Crippen LogP contribution in [0.1, 0.15) is 40.8 Å². The molecule has 1 aromatic carbocycles. The van der Waals surface area contributed by atoms with Crippen LogP contribution >= 0.6 is 11.3 Å². The van der Waals surface area contributed by atoms with E-state index < -0.39 is 0 Å². The van der Waals surface area contributed by atoms with Crippen LogP contribution in [0.25, 0.3) is 10.2 Å². The summed E-state index contributed by atoms with van der Waals surface area (Å²) >= 11 is 1.68. The van der Waals surface area contributed by atoms with E-state index in [1.54, 1.807) is 22.6 Å². The number of anilines is 2. The van der Waals surface area contributed by atoms with Crippen molar-refractivity contribution in [3.05, 3.63) is 40.0 Å². The van der Waals surface area contributed by atoms with E-state index >= 15 is 0 Å². The van der Waals surface area contributed by atoms with Crippen molar-refractivity contribution in [2.75, 3.05) is 32.6 Å². The molecule has 182 valence electrons. The molecule has 4 heterocycles. The van der Waals surface area contributed by atoms with Gasteiger partial charge >= 0.3 is 0 Å². The first kappa shape index (κ1) is 22.4. The van der Waals surface area contributed by atoms with E-state index in [0.29, 0.717) is 6.54 Å². The lowest BCUT2D eigenvalue weighted by atomic mass is 9.87. The standard InChI is InChI=1S/C26H29N5O3S/c1-31(2)26(32)15-3-4-19-22(11-15)35-25-23(19)24(28-14-29-25)30-20-9-16-12-27-13-17(16)10-21(20)34-18-5-7-33-8-6-18/h9-10,12,14-15,18H,3-8,11,13H2,1-2H3,(H,28,29,30)/t15-/m0/s1. The van der Waals surface area contributed by atoms with Crippen LogP contribution in [0, 0.1) is 5.92 Å². The zero-order valence-corrected chi connectivity index (χ0v) is 20.9. The van der Waals surface area contributed by atoms with Crippen molar-refractivity contribution in [3.8, 4) is 5.75 Å². The van der Waals surface area contributed by atoms with Gasteiger partial charge in [0.05, 0.1) is 30.8 Å². The van der Waals surface area contributed by atoms with Gasteiger partial charge in [0.2, 0.25) is 5.91 Å².